The number of rotatable bonds is 4. The molecule has 0 radical (unpaired) electrons. The van der Waals surface area contributed by atoms with Crippen LogP contribution in [0.4, 0.5) is 8.78 Å². The number of aromatic nitrogens is 2. The average molecular weight is 387 g/mol. The van der Waals surface area contributed by atoms with Crippen LogP contribution in [-0.2, 0) is 5.75 Å². The molecule has 0 fully saturated rings. The zero-order valence-electron chi connectivity index (χ0n) is 11.5. The van der Waals surface area contributed by atoms with Crippen molar-refractivity contribution in [3.8, 4) is 5.69 Å². The maximum Gasteiger partial charge on any atom is 0.184 e. The summed E-state index contributed by atoms with van der Waals surface area (Å²) < 4.78 is 29.4. The van der Waals surface area contributed by atoms with Crippen molar-refractivity contribution in [2.24, 2.45) is 0 Å². The van der Waals surface area contributed by atoms with Gasteiger partial charge in [-0.25, -0.2) is 13.5 Å². The van der Waals surface area contributed by atoms with Crippen molar-refractivity contribution in [1.29, 1.82) is 0 Å². The first-order valence-electron chi connectivity index (χ1n) is 6.46. The van der Waals surface area contributed by atoms with Crippen molar-refractivity contribution in [1.82, 2.24) is 9.78 Å². The van der Waals surface area contributed by atoms with Gasteiger partial charge in [0, 0.05) is 10.8 Å². The lowest BCUT2D eigenvalue weighted by molar-refractivity contribution is 0.507. The van der Waals surface area contributed by atoms with Gasteiger partial charge in [-0.05, 0) is 42.0 Å². The summed E-state index contributed by atoms with van der Waals surface area (Å²) in [6, 6.07) is 11.6. The number of nitrogens with zero attached hydrogens (tertiary/aromatic N) is 2. The molecule has 0 unspecified atom stereocenters. The lowest BCUT2D eigenvalue weighted by atomic mass is 10.2. The average Bonchev–Trinajstić information content (AvgIpc) is 2.91. The number of para-hydroxylation sites is 1. The van der Waals surface area contributed by atoms with Gasteiger partial charge >= 0.3 is 0 Å². The van der Waals surface area contributed by atoms with Gasteiger partial charge in [-0.15, -0.1) is 5.10 Å². The van der Waals surface area contributed by atoms with Gasteiger partial charge in [-0.2, -0.15) is 0 Å². The maximum atomic E-state index is 13.3. The van der Waals surface area contributed by atoms with Crippen molar-refractivity contribution < 1.29 is 8.78 Å². The van der Waals surface area contributed by atoms with E-state index in [2.05, 4.69) is 5.10 Å². The highest BCUT2D eigenvalue weighted by molar-refractivity contribution is 8.00. The summed E-state index contributed by atoms with van der Waals surface area (Å²) >= 11 is 14.0. The van der Waals surface area contributed by atoms with Gasteiger partial charge in [0.15, 0.2) is 19.9 Å². The summed E-state index contributed by atoms with van der Waals surface area (Å²) in [5, 5.41) is 4.64. The molecule has 0 amide bonds. The van der Waals surface area contributed by atoms with Gasteiger partial charge < -0.3 is 0 Å². The Morgan fingerprint density at radius 1 is 1.17 bits per heavy atom. The molecule has 0 aliphatic carbocycles. The number of halogens is 3. The first kappa shape index (κ1) is 16.6. The zero-order valence-corrected chi connectivity index (χ0v) is 14.7. The molecule has 8 heteroatoms. The minimum atomic E-state index is -0.951. The molecular weight excluding hydrogens is 378 g/mol. The molecular formula is C15H9ClF2N2S3. The lowest BCUT2D eigenvalue weighted by Gasteiger charge is -2.03. The third kappa shape index (κ3) is 3.80. The molecule has 3 aromatic rings. The summed E-state index contributed by atoms with van der Waals surface area (Å²) in [5.41, 5.74) is 1.40. The van der Waals surface area contributed by atoms with Crippen LogP contribution < -0.4 is 0 Å². The van der Waals surface area contributed by atoms with E-state index in [9.17, 15) is 8.78 Å². The molecule has 2 nitrogen and oxygen atoms in total. The van der Waals surface area contributed by atoms with Crippen molar-refractivity contribution >= 4 is 46.9 Å². The van der Waals surface area contributed by atoms with E-state index >= 15 is 0 Å². The summed E-state index contributed by atoms with van der Waals surface area (Å²) in [5.74, 6) is -1.48. The van der Waals surface area contributed by atoms with Gasteiger partial charge in [-0.1, -0.05) is 52.9 Å². The Kier molecular flexibility index (Phi) is 5.11. The number of thioether (sulfide) groups is 1. The fourth-order valence-corrected chi connectivity index (χ4v) is 4.51. The molecule has 23 heavy (non-hydrogen) atoms. The van der Waals surface area contributed by atoms with Crippen LogP contribution in [0.2, 0.25) is 5.02 Å². The highest BCUT2D eigenvalue weighted by atomic mass is 35.5. The molecule has 0 bridgehead atoms. The fourth-order valence-electron chi connectivity index (χ4n) is 1.87. The predicted molar refractivity (Wildman–Crippen MR) is 93.2 cm³/mol. The highest BCUT2D eigenvalue weighted by Gasteiger charge is 2.11. The second-order valence-corrected chi connectivity index (χ2v) is 7.78. The SMILES string of the molecule is Fc1cc(Cl)c(CSc2nn(-c3ccccc3)c(=S)s2)cc1F. The quantitative estimate of drug-likeness (QED) is 0.316. The van der Waals surface area contributed by atoms with Gasteiger partial charge in [0.1, 0.15) is 0 Å². The molecule has 0 aliphatic heterocycles. The van der Waals surface area contributed by atoms with E-state index in [1.54, 1.807) is 4.68 Å². The first-order valence-corrected chi connectivity index (χ1v) is 9.05. The van der Waals surface area contributed by atoms with Gasteiger partial charge in [0.25, 0.3) is 0 Å². The topological polar surface area (TPSA) is 17.8 Å². The van der Waals surface area contributed by atoms with Crippen molar-refractivity contribution in [3.05, 3.63) is 68.6 Å². The normalized spacial score (nSPS) is 10.9. The van der Waals surface area contributed by atoms with Crippen molar-refractivity contribution in [2.45, 2.75) is 10.1 Å². The number of hydrogen-bond donors (Lipinski definition) is 0. The Bertz CT molecular complexity index is 893. The van der Waals surface area contributed by atoms with E-state index < -0.39 is 11.6 Å². The number of hydrogen-bond acceptors (Lipinski definition) is 4. The lowest BCUT2D eigenvalue weighted by Crippen LogP contribution is -1.95. The van der Waals surface area contributed by atoms with Crippen LogP contribution in [0, 0.1) is 15.6 Å². The summed E-state index contributed by atoms with van der Waals surface area (Å²) in [6.45, 7) is 0. The largest absolute Gasteiger partial charge is 0.211 e. The molecule has 0 N–H and O–H groups in total. The summed E-state index contributed by atoms with van der Waals surface area (Å²) in [4.78, 5) is 0. The van der Waals surface area contributed by atoms with Gasteiger partial charge in [-0.3, -0.25) is 0 Å². The monoisotopic (exact) mass is 386 g/mol. The molecule has 2 aromatic carbocycles. The number of benzene rings is 2. The standard InChI is InChI=1S/C15H9ClF2N2S3/c16-11-7-13(18)12(17)6-9(11)8-22-14-19-20(15(21)23-14)10-4-2-1-3-5-10/h1-7H,8H2. The van der Waals surface area contributed by atoms with Crippen LogP contribution in [0.5, 0.6) is 0 Å². The van der Waals surface area contributed by atoms with E-state index in [1.807, 2.05) is 30.3 Å². The Morgan fingerprint density at radius 2 is 1.87 bits per heavy atom. The molecule has 0 saturated carbocycles. The minimum Gasteiger partial charge on any atom is -0.211 e. The smallest absolute Gasteiger partial charge is 0.184 e. The van der Waals surface area contributed by atoms with Crippen LogP contribution >= 0.6 is 46.9 Å². The van der Waals surface area contributed by atoms with E-state index in [1.165, 1.54) is 23.1 Å². The molecule has 0 aliphatic rings. The van der Waals surface area contributed by atoms with E-state index in [0.29, 0.717) is 15.3 Å². The van der Waals surface area contributed by atoms with Crippen LogP contribution in [0.15, 0.2) is 46.8 Å². The Hall–Kier alpha value is -1.28. The van der Waals surface area contributed by atoms with E-state index in [4.69, 9.17) is 23.8 Å². The van der Waals surface area contributed by atoms with Gasteiger partial charge in [0.05, 0.1) is 5.69 Å². The fraction of sp³-hybridized carbons (Fsp3) is 0.0667. The Labute approximate surface area is 149 Å². The molecule has 1 aromatic heterocycles. The summed E-state index contributed by atoms with van der Waals surface area (Å²) in [6.07, 6.45) is 0. The van der Waals surface area contributed by atoms with Crippen molar-refractivity contribution in [2.75, 3.05) is 0 Å². The molecule has 0 saturated heterocycles. The highest BCUT2D eigenvalue weighted by Crippen LogP contribution is 2.30. The van der Waals surface area contributed by atoms with Crippen LogP contribution in [0.3, 0.4) is 0 Å². The first-order chi connectivity index (χ1) is 11.0. The van der Waals surface area contributed by atoms with Crippen LogP contribution in [-0.4, -0.2) is 9.78 Å². The summed E-state index contributed by atoms with van der Waals surface area (Å²) in [7, 11) is 0. The Morgan fingerprint density at radius 3 is 2.61 bits per heavy atom. The third-order valence-electron chi connectivity index (χ3n) is 2.97. The predicted octanol–water partition coefficient (Wildman–Crippen LogP) is 5.89. The van der Waals surface area contributed by atoms with Gasteiger partial charge in [0.2, 0.25) is 0 Å². The second kappa shape index (κ2) is 7.09. The zero-order chi connectivity index (χ0) is 16.4. The van der Waals surface area contributed by atoms with Crippen molar-refractivity contribution in [3.63, 3.8) is 0 Å². The van der Waals surface area contributed by atoms with Crippen LogP contribution in [0.25, 0.3) is 5.69 Å². The minimum absolute atomic E-state index is 0.197. The van der Waals surface area contributed by atoms with E-state index in [-0.39, 0.29) is 5.02 Å². The molecule has 118 valence electrons. The Balaban J connectivity index is 1.80. The maximum absolute atomic E-state index is 13.3. The van der Waals surface area contributed by atoms with Crippen LogP contribution in [0.1, 0.15) is 5.56 Å². The van der Waals surface area contributed by atoms with E-state index in [0.717, 1.165) is 22.2 Å². The molecule has 1 heterocycles. The molecule has 0 atom stereocenters. The second-order valence-electron chi connectivity index (χ2n) is 4.53. The molecule has 0 spiro atoms. The third-order valence-corrected chi connectivity index (χ3v) is 5.74. The molecule has 3 rings (SSSR count).